The molecule has 3 aliphatic rings. The van der Waals surface area contributed by atoms with Gasteiger partial charge in [-0.25, -0.2) is 4.39 Å². The van der Waals surface area contributed by atoms with Crippen molar-refractivity contribution in [2.45, 2.75) is 24.7 Å². The van der Waals surface area contributed by atoms with Gasteiger partial charge >= 0.3 is 0 Å². The van der Waals surface area contributed by atoms with E-state index in [9.17, 15) is 4.39 Å². The van der Waals surface area contributed by atoms with Crippen LogP contribution in [0.3, 0.4) is 0 Å². The second-order valence-corrected chi connectivity index (χ2v) is 5.32. The molecule has 0 spiro atoms. The Hall–Kier alpha value is -0.890. The Balaban J connectivity index is 1.81. The molecular formula is C13H16FN. The van der Waals surface area contributed by atoms with Gasteiger partial charge in [-0.15, -0.1) is 0 Å². The summed E-state index contributed by atoms with van der Waals surface area (Å²) in [6, 6.07) is 7.26. The molecule has 1 aromatic carbocycles. The standard InChI is InChI=1S/C13H16FN/c1-15-9-12-6-13(7-12,8-12)10-4-2-3-5-11(10)14/h2-5,15H,6-9H2,1H3. The highest BCUT2D eigenvalue weighted by atomic mass is 19.1. The molecule has 0 aromatic heterocycles. The van der Waals surface area contributed by atoms with Crippen LogP contribution in [0.15, 0.2) is 24.3 Å². The molecule has 3 fully saturated rings. The fourth-order valence-corrected chi connectivity index (χ4v) is 3.74. The third-order valence-corrected chi connectivity index (χ3v) is 4.14. The third kappa shape index (κ3) is 1.11. The van der Waals surface area contributed by atoms with Crippen molar-refractivity contribution < 1.29 is 4.39 Å². The molecular weight excluding hydrogens is 189 g/mol. The fourth-order valence-electron chi connectivity index (χ4n) is 3.74. The van der Waals surface area contributed by atoms with Crippen LogP contribution < -0.4 is 5.32 Å². The van der Waals surface area contributed by atoms with E-state index in [4.69, 9.17) is 0 Å². The predicted octanol–water partition coefficient (Wildman–Crippen LogP) is 2.47. The maximum absolute atomic E-state index is 13.6. The summed E-state index contributed by atoms with van der Waals surface area (Å²) in [7, 11) is 2.00. The van der Waals surface area contributed by atoms with E-state index in [1.54, 1.807) is 12.1 Å². The first kappa shape index (κ1) is 9.34. The van der Waals surface area contributed by atoms with E-state index in [-0.39, 0.29) is 11.2 Å². The smallest absolute Gasteiger partial charge is 0.126 e. The molecule has 0 radical (unpaired) electrons. The molecule has 2 heteroatoms. The predicted molar refractivity (Wildman–Crippen MR) is 58.3 cm³/mol. The van der Waals surface area contributed by atoms with Crippen LogP contribution >= 0.6 is 0 Å². The van der Waals surface area contributed by atoms with E-state index in [2.05, 4.69) is 5.32 Å². The summed E-state index contributed by atoms with van der Waals surface area (Å²) in [5.74, 6) is -0.0183. The van der Waals surface area contributed by atoms with Crippen LogP contribution in [0.25, 0.3) is 0 Å². The van der Waals surface area contributed by atoms with E-state index in [1.165, 1.54) is 19.3 Å². The van der Waals surface area contributed by atoms with Crippen molar-refractivity contribution in [3.05, 3.63) is 35.6 Å². The third-order valence-electron chi connectivity index (χ3n) is 4.14. The molecule has 2 bridgehead atoms. The summed E-state index contributed by atoms with van der Waals surface area (Å²) in [6.07, 6.45) is 3.51. The van der Waals surface area contributed by atoms with Gasteiger partial charge in [0, 0.05) is 6.54 Å². The maximum atomic E-state index is 13.6. The van der Waals surface area contributed by atoms with Crippen LogP contribution in [0.4, 0.5) is 4.39 Å². The molecule has 0 atom stereocenters. The van der Waals surface area contributed by atoms with Crippen molar-refractivity contribution in [3.8, 4) is 0 Å². The van der Waals surface area contributed by atoms with Gasteiger partial charge in [-0.3, -0.25) is 0 Å². The van der Waals surface area contributed by atoms with Gasteiger partial charge in [0.15, 0.2) is 0 Å². The molecule has 0 heterocycles. The highest BCUT2D eigenvalue weighted by Crippen LogP contribution is 2.73. The summed E-state index contributed by atoms with van der Waals surface area (Å²) in [4.78, 5) is 0. The van der Waals surface area contributed by atoms with Crippen LogP contribution in [0.2, 0.25) is 0 Å². The van der Waals surface area contributed by atoms with Crippen molar-refractivity contribution >= 4 is 0 Å². The Labute approximate surface area is 89.7 Å². The van der Waals surface area contributed by atoms with Crippen LogP contribution in [0.5, 0.6) is 0 Å². The summed E-state index contributed by atoms with van der Waals surface area (Å²) < 4.78 is 13.6. The lowest BCUT2D eigenvalue weighted by atomic mass is 9.33. The Morgan fingerprint density at radius 2 is 1.93 bits per heavy atom. The van der Waals surface area contributed by atoms with Crippen LogP contribution in [0, 0.1) is 11.2 Å². The van der Waals surface area contributed by atoms with Crippen LogP contribution in [-0.2, 0) is 5.41 Å². The molecule has 3 aliphatic carbocycles. The van der Waals surface area contributed by atoms with Gasteiger partial charge in [0.05, 0.1) is 0 Å². The number of hydrogen-bond acceptors (Lipinski definition) is 1. The molecule has 15 heavy (non-hydrogen) atoms. The van der Waals surface area contributed by atoms with Crippen molar-refractivity contribution in [1.29, 1.82) is 0 Å². The highest BCUT2D eigenvalue weighted by Gasteiger charge is 2.68. The minimum atomic E-state index is -0.0183. The minimum Gasteiger partial charge on any atom is -0.319 e. The largest absolute Gasteiger partial charge is 0.319 e. The fraction of sp³-hybridized carbons (Fsp3) is 0.538. The average molecular weight is 205 g/mol. The summed E-state index contributed by atoms with van der Waals surface area (Å²) in [5.41, 5.74) is 1.64. The van der Waals surface area contributed by atoms with Gasteiger partial charge in [0.1, 0.15) is 5.82 Å². The Kier molecular flexibility index (Phi) is 1.76. The Morgan fingerprint density at radius 1 is 1.27 bits per heavy atom. The van der Waals surface area contributed by atoms with Gasteiger partial charge in [-0.2, -0.15) is 0 Å². The lowest BCUT2D eigenvalue weighted by Gasteiger charge is -2.71. The van der Waals surface area contributed by atoms with E-state index in [0.29, 0.717) is 5.41 Å². The number of halogens is 1. The van der Waals surface area contributed by atoms with Crippen LogP contribution in [-0.4, -0.2) is 13.6 Å². The lowest BCUT2D eigenvalue weighted by Crippen LogP contribution is -2.67. The maximum Gasteiger partial charge on any atom is 0.126 e. The molecule has 1 N–H and O–H groups in total. The molecule has 0 amide bonds. The molecule has 0 saturated heterocycles. The molecule has 3 saturated carbocycles. The van der Waals surface area contributed by atoms with Crippen molar-refractivity contribution in [2.24, 2.45) is 5.41 Å². The Bertz CT molecular complexity index is 380. The van der Waals surface area contributed by atoms with Crippen molar-refractivity contribution in [1.82, 2.24) is 5.32 Å². The number of nitrogens with one attached hydrogen (secondary N) is 1. The number of benzene rings is 1. The normalized spacial score (nSPS) is 36.9. The van der Waals surface area contributed by atoms with Gasteiger partial charge < -0.3 is 5.32 Å². The quantitative estimate of drug-likeness (QED) is 0.799. The number of hydrogen-bond donors (Lipinski definition) is 1. The zero-order valence-electron chi connectivity index (χ0n) is 9.02. The monoisotopic (exact) mass is 205 g/mol. The highest BCUT2D eigenvalue weighted by molar-refractivity contribution is 5.39. The van der Waals surface area contributed by atoms with E-state index in [1.807, 2.05) is 19.2 Å². The van der Waals surface area contributed by atoms with Gasteiger partial charge in [-0.1, -0.05) is 18.2 Å². The van der Waals surface area contributed by atoms with E-state index < -0.39 is 0 Å². The second-order valence-electron chi connectivity index (χ2n) is 5.32. The van der Waals surface area contributed by atoms with E-state index >= 15 is 0 Å². The molecule has 1 aromatic rings. The first-order chi connectivity index (χ1) is 7.20. The zero-order chi connectivity index (χ0) is 10.5. The van der Waals surface area contributed by atoms with Gasteiger partial charge in [-0.05, 0) is 48.8 Å². The average Bonchev–Trinajstić information content (AvgIpc) is 2.11. The van der Waals surface area contributed by atoms with Crippen molar-refractivity contribution in [2.75, 3.05) is 13.6 Å². The summed E-state index contributed by atoms with van der Waals surface area (Å²) in [6.45, 7) is 1.09. The van der Waals surface area contributed by atoms with Gasteiger partial charge in [0.25, 0.3) is 0 Å². The summed E-state index contributed by atoms with van der Waals surface area (Å²) in [5, 5.41) is 3.24. The molecule has 0 unspecified atom stereocenters. The first-order valence-corrected chi connectivity index (χ1v) is 5.59. The molecule has 80 valence electrons. The van der Waals surface area contributed by atoms with Gasteiger partial charge in [0.2, 0.25) is 0 Å². The SMILES string of the molecule is CNCC12CC(c3ccccc3F)(C1)C2. The molecule has 0 aliphatic heterocycles. The molecule has 4 rings (SSSR count). The topological polar surface area (TPSA) is 12.0 Å². The van der Waals surface area contributed by atoms with Crippen LogP contribution in [0.1, 0.15) is 24.8 Å². The lowest BCUT2D eigenvalue weighted by molar-refractivity contribution is -0.138. The zero-order valence-corrected chi connectivity index (χ0v) is 9.02. The minimum absolute atomic E-state index is 0.0183. The summed E-state index contributed by atoms with van der Waals surface area (Å²) >= 11 is 0. The first-order valence-electron chi connectivity index (χ1n) is 5.59. The van der Waals surface area contributed by atoms with E-state index in [0.717, 1.165) is 12.1 Å². The number of rotatable bonds is 3. The molecule has 1 nitrogen and oxygen atoms in total. The van der Waals surface area contributed by atoms with Crippen molar-refractivity contribution in [3.63, 3.8) is 0 Å². The Morgan fingerprint density at radius 3 is 2.53 bits per heavy atom. The second kappa shape index (κ2) is 2.82.